The third-order valence-electron chi connectivity index (χ3n) is 5.21. The van der Waals surface area contributed by atoms with Crippen LogP contribution in [0.2, 0.25) is 0 Å². The summed E-state index contributed by atoms with van der Waals surface area (Å²) < 4.78 is 18.5. The first-order valence-corrected chi connectivity index (χ1v) is 11.7. The zero-order valence-electron chi connectivity index (χ0n) is 18.2. The summed E-state index contributed by atoms with van der Waals surface area (Å²) >= 11 is 2.33. The molecule has 0 spiro atoms. The van der Waals surface area contributed by atoms with E-state index in [-0.39, 0.29) is 0 Å². The number of halogens is 1. The van der Waals surface area contributed by atoms with Gasteiger partial charge in [-0.15, -0.1) is 0 Å². The Hall–Kier alpha value is -2.93. The Balaban J connectivity index is 1.51. The first-order valence-electron chi connectivity index (χ1n) is 10.6. The molecule has 0 heterocycles. The highest BCUT2D eigenvalue weighted by Gasteiger charge is 2.13. The standard InChI is InChI=1S/C27H26INO3/c1-3-31-26-16-19(17-29-22-11-13-23(30-2)14-12-22)15-25(28)27(26)32-18-21-9-6-8-20-7-4-5-10-24(20)21/h4-16,29H,3,17-18H2,1-2H3. The summed E-state index contributed by atoms with van der Waals surface area (Å²) in [5.41, 5.74) is 3.33. The highest BCUT2D eigenvalue weighted by molar-refractivity contribution is 14.1. The highest BCUT2D eigenvalue weighted by Crippen LogP contribution is 2.35. The Bertz CT molecular complexity index is 1190. The minimum atomic E-state index is 0.487. The average Bonchev–Trinajstić information content (AvgIpc) is 2.83. The average molecular weight is 539 g/mol. The predicted molar refractivity (Wildman–Crippen MR) is 139 cm³/mol. The minimum Gasteiger partial charge on any atom is -0.497 e. The smallest absolute Gasteiger partial charge is 0.174 e. The van der Waals surface area contributed by atoms with E-state index in [2.05, 4.69) is 82.5 Å². The molecule has 0 saturated carbocycles. The minimum absolute atomic E-state index is 0.487. The molecule has 0 aliphatic rings. The van der Waals surface area contributed by atoms with Crippen LogP contribution in [0, 0.1) is 3.57 Å². The van der Waals surface area contributed by atoms with E-state index >= 15 is 0 Å². The van der Waals surface area contributed by atoms with Crippen molar-refractivity contribution < 1.29 is 14.2 Å². The summed E-state index contributed by atoms with van der Waals surface area (Å²) in [6.45, 7) is 3.74. The third kappa shape index (κ3) is 5.27. The van der Waals surface area contributed by atoms with E-state index in [9.17, 15) is 0 Å². The normalized spacial score (nSPS) is 10.7. The van der Waals surface area contributed by atoms with E-state index in [1.165, 1.54) is 10.8 Å². The van der Waals surface area contributed by atoms with Crippen LogP contribution in [0.5, 0.6) is 17.2 Å². The Morgan fingerprint density at radius 3 is 2.44 bits per heavy atom. The van der Waals surface area contributed by atoms with Crippen molar-refractivity contribution in [3.63, 3.8) is 0 Å². The van der Waals surface area contributed by atoms with Crippen molar-refractivity contribution >= 4 is 39.1 Å². The molecule has 0 saturated heterocycles. The Kier molecular flexibility index (Phi) is 7.37. The molecule has 32 heavy (non-hydrogen) atoms. The van der Waals surface area contributed by atoms with Crippen LogP contribution in [-0.4, -0.2) is 13.7 Å². The molecule has 0 fully saturated rings. The van der Waals surface area contributed by atoms with Gasteiger partial charge in [-0.25, -0.2) is 0 Å². The van der Waals surface area contributed by atoms with Crippen molar-refractivity contribution in [2.24, 2.45) is 0 Å². The number of hydrogen-bond donors (Lipinski definition) is 1. The molecule has 0 unspecified atom stereocenters. The van der Waals surface area contributed by atoms with Gasteiger partial charge in [-0.2, -0.15) is 0 Å². The van der Waals surface area contributed by atoms with Gasteiger partial charge in [-0.05, 0) is 87.8 Å². The monoisotopic (exact) mass is 539 g/mol. The number of ether oxygens (including phenoxy) is 3. The molecule has 0 amide bonds. The number of rotatable bonds is 9. The van der Waals surface area contributed by atoms with Crippen LogP contribution < -0.4 is 19.5 Å². The summed E-state index contributed by atoms with van der Waals surface area (Å²) in [6.07, 6.45) is 0. The zero-order valence-corrected chi connectivity index (χ0v) is 20.4. The van der Waals surface area contributed by atoms with E-state index in [1.807, 2.05) is 31.2 Å². The number of nitrogens with one attached hydrogen (secondary N) is 1. The maximum atomic E-state index is 6.29. The summed E-state index contributed by atoms with van der Waals surface area (Å²) in [5, 5.41) is 5.88. The lowest BCUT2D eigenvalue weighted by molar-refractivity contribution is 0.268. The summed E-state index contributed by atoms with van der Waals surface area (Å²) in [4.78, 5) is 0. The highest BCUT2D eigenvalue weighted by atomic mass is 127. The van der Waals surface area contributed by atoms with Crippen molar-refractivity contribution in [1.29, 1.82) is 0 Å². The molecule has 5 heteroatoms. The lowest BCUT2D eigenvalue weighted by atomic mass is 10.1. The Morgan fingerprint density at radius 1 is 0.875 bits per heavy atom. The first kappa shape index (κ1) is 22.3. The van der Waals surface area contributed by atoms with E-state index < -0.39 is 0 Å². The van der Waals surface area contributed by atoms with Gasteiger partial charge in [0, 0.05) is 12.2 Å². The van der Waals surface area contributed by atoms with Crippen LogP contribution in [0.3, 0.4) is 0 Å². The fourth-order valence-corrected chi connectivity index (χ4v) is 4.43. The molecule has 4 aromatic rings. The van der Waals surface area contributed by atoms with Gasteiger partial charge in [0.2, 0.25) is 0 Å². The number of benzene rings is 4. The van der Waals surface area contributed by atoms with Gasteiger partial charge in [-0.1, -0.05) is 42.5 Å². The molecule has 1 N–H and O–H groups in total. The van der Waals surface area contributed by atoms with E-state index in [0.29, 0.717) is 19.8 Å². The first-order chi connectivity index (χ1) is 15.7. The second-order valence-corrected chi connectivity index (χ2v) is 8.51. The molecule has 0 bridgehead atoms. The van der Waals surface area contributed by atoms with E-state index in [4.69, 9.17) is 14.2 Å². The van der Waals surface area contributed by atoms with Crippen LogP contribution in [-0.2, 0) is 13.2 Å². The summed E-state index contributed by atoms with van der Waals surface area (Å²) in [6, 6.07) is 26.8. The van der Waals surface area contributed by atoms with Crippen LogP contribution in [0.1, 0.15) is 18.1 Å². The molecular weight excluding hydrogens is 513 g/mol. The summed E-state index contributed by atoms with van der Waals surface area (Å²) in [5.74, 6) is 2.40. The van der Waals surface area contributed by atoms with Crippen LogP contribution in [0.4, 0.5) is 5.69 Å². The number of methoxy groups -OCH3 is 1. The van der Waals surface area contributed by atoms with Gasteiger partial charge in [0.05, 0.1) is 17.3 Å². The molecular formula is C27H26INO3. The number of hydrogen-bond acceptors (Lipinski definition) is 4. The molecule has 0 aliphatic heterocycles. The SMILES string of the molecule is CCOc1cc(CNc2ccc(OC)cc2)cc(I)c1OCc1cccc2ccccc12. The molecule has 4 nitrogen and oxygen atoms in total. The third-order valence-corrected chi connectivity index (χ3v) is 6.01. The topological polar surface area (TPSA) is 39.7 Å². The van der Waals surface area contributed by atoms with E-state index in [0.717, 1.165) is 37.6 Å². The van der Waals surface area contributed by atoms with Gasteiger partial charge in [-0.3, -0.25) is 0 Å². The molecule has 0 aromatic heterocycles. The van der Waals surface area contributed by atoms with Gasteiger partial charge in [0.25, 0.3) is 0 Å². The largest absolute Gasteiger partial charge is 0.497 e. The lowest BCUT2D eigenvalue weighted by Crippen LogP contribution is -2.05. The van der Waals surface area contributed by atoms with Gasteiger partial charge in [0.15, 0.2) is 11.5 Å². The van der Waals surface area contributed by atoms with Crippen molar-refractivity contribution in [3.05, 3.63) is 93.6 Å². The molecule has 4 aromatic carbocycles. The molecule has 0 radical (unpaired) electrons. The zero-order chi connectivity index (χ0) is 22.3. The quantitative estimate of drug-likeness (QED) is 0.232. The molecule has 4 rings (SSSR count). The maximum Gasteiger partial charge on any atom is 0.174 e. The fourth-order valence-electron chi connectivity index (χ4n) is 3.61. The van der Waals surface area contributed by atoms with Crippen LogP contribution in [0.15, 0.2) is 78.9 Å². The van der Waals surface area contributed by atoms with Crippen molar-refractivity contribution in [2.45, 2.75) is 20.1 Å². The van der Waals surface area contributed by atoms with Crippen LogP contribution in [0.25, 0.3) is 10.8 Å². The Morgan fingerprint density at radius 2 is 1.66 bits per heavy atom. The number of anilines is 1. The number of fused-ring (bicyclic) bond motifs is 1. The van der Waals surface area contributed by atoms with Gasteiger partial charge < -0.3 is 19.5 Å². The van der Waals surface area contributed by atoms with Crippen molar-refractivity contribution in [1.82, 2.24) is 0 Å². The Labute approximate surface area is 202 Å². The lowest BCUT2D eigenvalue weighted by Gasteiger charge is -2.17. The molecule has 164 valence electrons. The van der Waals surface area contributed by atoms with Crippen LogP contribution >= 0.6 is 22.6 Å². The summed E-state index contributed by atoms with van der Waals surface area (Å²) in [7, 11) is 1.67. The van der Waals surface area contributed by atoms with Crippen molar-refractivity contribution in [3.8, 4) is 17.2 Å². The van der Waals surface area contributed by atoms with Gasteiger partial charge in [0.1, 0.15) is 12.4 Å². The maximum absolute atomic E-state index is 6.29. The second-order valence-electron chi connectivity index (χ2n) is 7.35. The van der Waals surface area contributed by atoms with Crippen molar-refractivity contribution in [2.75, 3.05) is 19.0 Å². The van der Waals surface area contributed by atoms with Gasteiger partial charge >= 0.3 is 0 Å². The molecule has 0 aliphatic carbocycles. The predicted octanol–water partition coefficient (Wildman–Crippen LogP) is 7.04. The fraction of sp³-hybridized carbons (Fsp3) is 0.185. The second kappa shape index (κ2) is 10.6. The molecule has 0 atom stereocenters. The van der Waals surface area contributed by atoms with E-state index in [1.54, 1.807) is 7.11 Å².